The van der Waals surface area contributed by atoms with E-state index in [2.05, 4.69) is 12.2 Å². The third kappa shape index (κ3) is 5.23. The first-order valence-electron chi connectivity index (χ1n) is 6.88. The molecule has 4 heteroatoms. The van der Waals surface area contributed by atoms with Crippen molar-refractivity contribution in [3.8, 4) is 0 Å². The molecule has 1 amide bonds. The minimum atomic E-state index is -0.242. The molecule has 2 nitrogen and oxygen atoms in total. The van der Waals surface area contributed by atoms with Crippen molar-refractivity contribution in [3.05, 3.63) is 65.5 Å². The van der Waals surface area contributed by atoms with Crippen molar-refractivity contribution < 1.29 is 9.18 Å². The fraction of sp³-hybridized carbons (Fsp3) is 0.235. The van der Waals surface area contributed by atoms with Crippen molar-refractivity contribution >= 4 is 23.4 Å². The zero-order valence-corrected chi connectivity index (χ0v) is 12.8. The maximum absolute atomic E-state index is 13.0. The SMILES string of the molecule is CCc1ccc(NC(=O)CSCc2cccc(F)c2)cc1. The highest BCUT2D eigenvalue weighted by Gasteiger charge is 2.03. The minimum Gasteiger partial charge on any atom is -0.325 e. The van der Waals surface area contributed by atoms with Crippen LogP contribution in [0.4, 0.5) is 10.1 Å². The van der Waals surface area contributed by atoms with Gasteiger partial charge in [-0.3, -0.25) is 4.79 Å². The number of rotatable bonds is 6. The second kappa shape index (κ2) is 7.84. The van der Waals surface area contributed by atoms with Crippen molar-refractivity contribution in [2.75, 3.05) is 11.1 Å². The Labute approximate surface area is 128 Å². The number of nitrogens with one attached hydrogen (secondary N) is 1. The first-order chi connectivity index (χ1) is 10.2. The van der Waals surface area contributed by atoms with E-state index < -0.39 is 0 Å². The monoisotopic (exact) mass is 303 g/mol. The number of hydrogen-bond donors (Lipinski definition) is 1. The van der Waals surface area contributed by atoms with Gasteiger partial charge in [-0.25, -0.2) is 4.39 Å². The molecule has 0 radical (unpaired) electrons. The summed E-state index contributed by atoms with van der Waals surface area (Å²) in [5.74, 6) is 0.695. The lowest BCUT2D eigenvalue weighted by atomic mass is 10.1. The summed E-state index contributed by atoms with van der Waals surface area (Å²) in [6.07, 6.45) is 0.984. The molecule has 0 aliphatic heterocycles. The number of halogens is 1. The molecule has 0 saturated carbocycles. The van der Waals surface area contributed by atoms with Crippen LogP contribution in [-0.2, 0) is 17.0 Å². The molecule has 0 unspecified atom stereocenters. The molecular formula is C17H18FNOS. The van der Waals surface area contributed by atoms with Gasteiger partial charge in [-0.05, 0) is 41.8 Å². The highest BCUT2D eigenvalue weighted by Crippen LogP contribution is 2.15. The topological polar surface area (TPSA) is 29.1 Å². The smallest absolute Gasteiger partial charge is 0.234 e. The van der Waals surface area contributed by atoms with E-state index in [1.807, 2.05) is 30.3 Å². The molecule has 2 rings (SSSR count). The van der Waals surface area contributed by atoms with Crippen molar-refractivity contribution in [1.29, 1.82) is 0 Å². The molecule has 2 aromatic carbocycles. The minimum absolute atomic E-state index is 0.0411. The van der Waals surface area contributed by atoms with Gasteiger partial charge in [-0.1, -0.05) is 31.2 Å². The van der Waals surface area contributed by atoms with Crippen LogP contribution in [0.5, 0.6) is 0 Å². The standard InChI is InChI=1S/C17H18FNOS/c1-2-13-6-8-16(9-7-13)19-17(20)12-21-11-14-4-3-5-15(18)10-14/h3-10H,2,11-12H2,1H3,(H,19,20). The molecule has 110 valence electrons. The van der Waals surface area contributed by atoms with Crippen LogP contribution in [-0.4, -0.2) is 11.7 Å². The highest BCUT2D eigenvalue weighted by molar-refractivity contribution is 7.99. The summed E-state index contributed by atoms with van der Waals surface area (Å²) in [6.45, 7) is 2.09. The average molecular weight is 303 g/mol. The third-order valence-corrected chi connectivity index (χ3v) is 4.04. The maximum Gasteiger partial charge on any atom is 0.234 e. The van der Waals surface area contributed by atoms with E-state index in [1.165, 1.54) is 29.5 Å². The summed E-state index contributed by atoms with van der Waals surface area (Å²) in [5, 5.41) is 2.86. The summed E-state index contributed by atoms with van der Waals surface area (Å²) < 4.78 is 13.0. The van der Waals surface area contributed by atoms with Crippen LogP contribution < -0.4 is 5.32 Å². The molecule has 0 aliphatic carbocycles. The van der Waals surface area contributed by atoms with Crippen molar-refractivity contribution in [2.24, 2.45) is 0 Å². The molecule has 0 heterocycles. The van der Waals surface area contributed by atoms with E-state index >= 15 is 0 Å². The second-order valence-electron chi connectivity index (χ2n) is 4.72. The van der Waals surface area contributed by atoms with Crippen molar-refractivity contribution in [2.45, 2.75) is 19.1 Å². The molecular weight excluding hydrogens is 285 g/mol. The number of anilines is 1. The third-order valence-electron chi connectivity index (χ3n) is 3.04. The Morgan fingerprint density at radius 1 is 1.14 bits per heavy atom. The van der Waals surface area contributed by atoms with Crippen LogP contribution >= 0.6 is 11.8 Å². The first kappa shape index (κ1) is 15.6. The summed E-state index contributed by atoms with van der Waals surface area (Å²) in [7, 11) is 0. The van der Waals surface area contributed by atoms with Gasteiger partial charge in [0.15, 0.2) is 0 Å². The van der Waals surface area contributed by atoms with E-state index in [-0.39, 0.29) is 11.7 Å². The van der Waals surface area contributed by atoms with Gasteiger partial charge < -0.3 is 5.32 Å². The lowest BCUT2D eigenvalue weighted by Gasteiger charge is -2.06. The van der Waals surface area contributed by atoms with Gasteiger partial charge in [-0.2, -0.15) is 0 Å². The van der Waals surface area contributed by atoms with E-state index in [0.717, 1.165) is 17.7 Å². The number of thioether (sulfide) groups is 1. The van der Waals surface area contributed by atoms with Gasteiger partial charge in [0.25, 0.3) is 0 Å². The summed E-state index contributed by atoms with van der Waals surface area (Å²) in [6, 6.07) is 14.3. The Morgan fingerprint density at radius 3 is 2.57 bits per heavy atom. The molecule has 0 spiro atoms. The summed E-state index contributed by atoms with van der Waals surface area (Å²) in [5.41, 5.74) is 2.94. The van der Waals surface area contributed by atoms with E-state index in [4.69, 9.17) is 0 Å². The maximum atomic E-state index is 13.0. The van der Waals surface area contributed by atoms with E-state index in [0.29, 0.717) is 11.5 Å². The second-order valence-corrected chi connectivity index (χ2v) is 5.71. The summed E-state index contributed by atoms with van der Waals surface area (Å²) in [4.78, 5) is 11.8. The van der Waals surface area contributed by atoms with Gasteiger partial charge in [-0.15, -0.1) is 11.8 Å². The van der Waals surface area contributed by atoms with Crippen LogP contribution in [0.2, 0.25) is 0 Å². The molecule has 2 aromatic rings. The number of carbonyl (C=O) groups excluding carboxylic acids is 1. The molecule has 0 fully saturated rings. The van der Waals surface area contributed by atoms with Gasteiger partial charge in [0.05, 0.1) is 5.75 Å². The lowest BCUT2D eigenvalue weighted by molar-refractivity contribution is -0.113. The zero-order chi connectivity index (χ0) is 15.1. The number of hydrogen-bond acceptors (Lipinski definition) is 2. The fourth-order valence-electron chi connectivity index (χ4n) is 1.91. The predicted molar refractivity (Wildman–Crippen MR) is 87.0 cm³/mol. The van der Waals surface area contributed by atoms with Crippen molar-refractivity contribution in [1.82, 2.24) is 0 Å². The fourth-order valence-corrected chi connectivity index (χ4v) is 2.68. The van der Waals surface area contributed by atoms with Gasteiger partial charge in [0.1, 0.15) is 5.82 Å². The first-order valence-corrected chi connectivity index (χ1v) is 8.04. The van der Waals surface area contributed by atoms with Crippen LogP contribution in [0.15, 0.2) is 48.5 Å². The van der Waals surface area contributed by atoms with Crippen LogP contribution in [0, 0.1) is 5.82 Å². The van der Waals surface area contributed by atoms with Crippen LogP contribution in [0.1, 0.15) is 18.1 Å². The summed E-state index contributed by atoms with van der Waals surface area (Å²) >= 11 is 1.47. The van der Waals surface area contributed by atoms with E-state index in [1.54, 1.807) is 6.07 Å². The molecule has 0 aromatic heterocycles. The lowest BCUT2D eigenvalue weighted by Crippen LogP contribution is -2.14. The molecule has 0 atom stereocenters. The Morgan fingerprint density at radius 2 is 1.90 bits per heavy atom. The number of aryl methyl sites for hydroxylation is 1. The normalized spacial score (nSPS) is 10.4. The van der Waals surface area contributed by atoms with Crippen molar-refractivity contribution in [3.63, 3.8) is 0 Å². The van der Waals surface area contributed by atoms with Gasteiger partial charge in [0, 0.05) is 11.4 Å². The van der Waals surface area contributed by atoms with Gasteiger partial charge >= 0.3 is 0 Å². The van der Waals surface area contributed by atoms with E-state index in [9.17, 15) is 9.18 Å². The molecule has 0 aliphatic rings. The predicted octanol–water partition coefficient (Wildman–Crippen LogP) is 4.26. The van der Waals surface area contributed by atoms with Gasteiger partial charge in [0.2, 0.25) is 5.91 Å². The molecule has 0 bridgehead atoms. The Balaban J connectivity index is 1.76. The average Bonchev–Trinajstić information content (AvgIpc) is 2.48. The largest absolute Gasteiger partial charge is 0.325 e. The number of benzene rings is 2. The Kier molecular flexibility index (Phi) is 5.81. The molecule has 21 heavy (non-hydrogen) atoms. The number of carbonyl (C=O) groups is 1. The quantitative estimate of drug-likeness (QED) is 0.864. The van der Waals surface area contributed by atoms with Crippen LogP contribution in [0.25, 0.3) is 0 Å². The highest BCUT2D eigenvalue weighted by atomic mass is 32.2. The zero-order valence-electron chi connectivity index (χ0n) is 11.9. The Bertz CT molecular complexity index is 598. The van der Waals surface area contributed by atoms with Crippen LogP contribution in [0.3, 0.4) is 0 Å². The number of amides is 1. The molecule has 1 N–H and O–H groups in total. The Hall–Kier alpha value is -1.81. The molecule has 0 saturated heterocycles.